The third-order valence-electron chi connectivity index (χ3n) is 3.41. The predicted octanol–water partition coefficient (Wildman–Crippen LogP) is 0.316. The lowest BCUT2D eigenvalue weighted by Gasteiger charge is -2.28. The summed E-state index contributed by atoms with van der Waals surface area (Å²) in [5, 5.41) is 6.00. The Morgan fingerprint density at radius 1 is 1.68 bits per heavy atom. The van der Waals surface area contributed by atoms with Gasteiger partial charge in [0, 0.05) is 26.7 Å². The first-order valence-corrected chi connectivity index (χ1v) is 6.59. The molecular weight excluding hydrogens is 244 g/mol. The van der Waals surface area contributed by atoms with Gasteiger partial charge in [0.15, 0.2) is 0 Å². The number of rotatable bonds is 4. The van der Waals surface area contributed by atoms with Crippen LogP contribution in [0.25, 0.3) is 0 Å². The van der Waals surface area contributed by atoms with Gasteiger partial charge in [-0.1, -0.05) is 0 Å². The van der Waals surface area contributed by atoms with Crippen LogP contribution in [0.4, 0.5) is 0 Å². The summed E-state index contributed by atoms with van der Waals surface area (Å²) in [6.07, 6.45) is 3.59. The third-order valence-corrected chi connectivity index (χ3v) is 3.41. The molecule has 1 aliphatic rings. The lowest BCUT2D eigenvalue weighted by atomic mass is 9.92. The number of hydrogen-bond donors (Lipinski definition) is 2. The van der Waals surface area contributed by atoms with E-state index in [1.807, 2.05) is 24.6 Å². The predicted molar refractivity (Wildman–Crippen MR) is 71.6 cm³/mol. The molecule has 19 heavy (non-hydrogen) atoms. The van der Waals surface area contributed by atoms with E-state index in [2.05, 4.69) is 15.6 Å². The first kappa shape index (κ1) is 14.0. The molecule has 2 heterocycles. The Kier molecular flexibility index (Phi) is 4.21. The summed E-state index contributed by atoms with van der Waals surface area (Å²) in [7, 11) is 1.66. The van der Waals surface area contributed by atoms with Crippen LogP contribution in [-0.4, -0.2) is 42.2 Å². The molecule has 1 fully saturated rings. The molecule has 1 unspecified atom stereocenters. The topological polar surface area (TPSA) is 68.2 Å². The van der Waals surface area contributed by atoms with E-state index in [-0.39, 0.29) is 12.0 Å². The van der Waals surface area contributed by atoms with Crippen molar-refractivity contribution in [2.75, 3.05) is 26.7 Å². The minimum absolute atomic E-state index is 0.0109. The molecule has 0 aliphatic carbocycles. The Morgan fingerprint density at radius 2 is 2.47 bits per heavy atom. The number of carbonyl (C=O) groups is 1. The van der Waals surface area contributed by atoms with Crippen LogP contribution in [0.15, 0.2) is 12.5 Å². The first-order valence-electron chi connectivity index (χ1n) is 6.59. The van der Waals surface area contributed by atoms with Crippen molar-refractivity contribution in [3.8, 4) is 0 Å². The highest BCUT2D eigenvalue weighted by Crippen LogP contribution is 2.23. The summed E-state index contributed by atoms with van der Waals surface area (Å²) in [6, 6.07) is 0. The van der Waals surface area contributed by atoms with Crippen LogP contribution in [0.1, 0.15) is 25.6 Å². The molecule has 1 atom stereocenters. The highest BCUT2D eigenvalue weighted by molar-refractivity contribution is 5.81. The van der Waals surface area contributed by atoms with Crippen molar-refractivity contribution < 1.29 is 9.53 Å². The van der Waals surface area contributed by atoms with Gasteiger partial charge in [0.1, 0.15) is 6.10 Å². The largest absolute Gasteiger partial charge is 0.369 e. The lowest BCUT2D eigenvalue weighted by Crippen LogP contribution is -2.39. The maximum atomic E-state index is 11.9. The van der Waals surface area contributed by atoms with Gasteiger partial charge in [0.05, 0.1) is 30.2 Å². The van der Waals surface area contributed by atoms with Crippen LogP contribution >= 0.6 is 0 Å². The van der Waals surface area contributed by atoms with Crippen molar-refractivity contribution in [1.29, 1.82) is 0 Å². The monoisotopic (exact) mass is 266 g/mol. The summed E-state index contributed by atoms with van der Waals surface area (Å²) in [5.74, 6) is 0.0230. The maximum absolute atomic E-state index is 11.9. The van der Waals surface area contributed by atoms with E-state index >= 15 is 0 Å². The van der Waals surface area contributed by atoms with E-state index in [0.29, 0.717) is 13.2 Å². The highest BCUT2D eigenvalue weighted by atomic mass is 16.5. The molecule has 0 bridgehead atoms. The fraction of sp³-hybridized carbons (Fsp3) is 0.692. The lowest BCUT2D eigenvalue weighted by molar-refractivity contribution is -0.129. The third kappa shape index (κ3) is 3.13. The number of aromatic nitrogens is 2. The minimum atomic E-state index is -0.480. The molecule has 6 nitrogen and oxygen atoms in total. The van der Waals surface area contributed by atoms with Crippen molar-refractivity contribution in [1.82, 2.24) is 20.2 Å². The van der Waals surface area contributed by atoms with Gasteiger partial charge < -0.3 is 19.9 Å². The van der Waals surface area contributed by atoms with E-state index in [4.69, 9.17) is 4.74 Å². The van der Waals surface area contributed by atoms with E-state index in [0.717, 1.165) is 18.8 Å². The second kappa shape index (κ2) is 5.71. The molecule has 0 saturated carbocycles. The molecule has 0 radical (unpaired) electrons. The summed E-state index contributed by atoms with van der Waals surface area (Å²) < 4.78 is 7.75. The van der Waals surface area contributed by atoms with Crippen LogP contribution < -0.4 is 10.6 Å². The average molecular weight is 266 g/mol. The number of nitrogens with zero attached hydrogens (tertiary/aromatic N) is 2. The number of carbonyl (C=O) groups excluding carboxylic acids is 1. The SMILES string of the molecule is CNC(=O)C(C)(C)Cn1cncc1C1CNCCO1. The molecule has 106 valence electrons. The Balaban J connectivity index is 2.13. The van der Waals surface area contributed by atoms with Gasteiger partial charge in [-0.05, 0) is 13.8 Å². The number of amides is 1. The van der Waals surface area contributed by atoms with Crippen LogP contribution in [0.5, 0.6) is 0 Å². The van der Waals surface area contributed by atoms with Gasteiger partial charge in [-0.25, -0.2) is 4.98 Å². The van der Waals surface area contributed by atoms with Gasteiger partial charge in [0.25, 0.3) is 0 Å². The summed E-state index contributed by atoms with van der Waals surface area (Å²) in [5.41, 5.74) is 0.538. The van der Waals surface area contributed by atoms with Crippen molar-refractivity contribution in [2.24, 2.45) is 5.41 Å². The molecule has 0 aromatic carbocycles. The molecule has 2 N–H and O–H groups in total. The van der Waals surface area contributed by atoms with Gasteiger partial charge in [-0.2, -0.15) is 0 Å². The molecule has 2 rings (SSSR count). The van der Waals surface area contributed by atoms with Crippen LogP contribution in [0, 0.1) is 5.41 Å². The summed E-state index contributed by atoms with van der Waals surface area (Å²) in [4.78, 5) is 16.0. The number of morpholine rings is 1. The standard InChI is InChI=1S/C13H22N4O2/c1-13(2,12(18)14-3)8-17-9-16-6-10(17)11-7-15-4-5-19-11/h6,9,11,15H,4-5,7-8H2,1-3H3,(H,14,18). The van der Waals surface area contributed by atoms with Crippen molar-refractivity contribution in [3.63, 3.8) is 0 Å². The quantitative estimate of drug-likeness (QED) is 0.823. The molecule has 1 aromatic heterocycles. The Labute approximate surface area is 113 Å². The summed E-state index contributed by atoms with van der Waals surface area (Å²) in [6.45, 7) is 6.81. The van der Waals surface area contributed by atoms with Gasteiger partial charge in [-0.15, -0.1) is 0 Å². The van der Waals surface area contributed by atoms with Crippen molar-refractivity contribution in [3.05, 3.63) is 18.2 Å². The fourth-order valence-electron chi connectivity index (χ4n) is 2.32. The zero-order valence-electron chi connectivity index (χ0n) is 11.8. The van der Waals surface area contributed by atoms with E-state index in [1.165, 1.54) is 0 Å². The molecule has 1 aliphatic heterocycles. The Bertz CT molecular complexity index is 436. The maximum Gasteiger partial charge on any atom is 0.227 e. The molecule has 1 aromatic rings. The van der Waals surface area contributed by atoms with Crippen molar-refractivity contribution >= 4 is 5.91 Å². The summed E-state index contributed by atoms with van der Waals surface area (Å²) >= 11 is 0. The number of imidazole rings is 1. The second-order valence-electron chi connectivity index (χ2n) is 5.47. The molecule has 0 spiro atoms. The van der Waals surface area contributed by atoms with Gasteiger partial charge >= 0.3 is 0 Å². The van der Waals surface area contributed by atoms with Crippen molar-refractivity contribution in [2.45, 2.75) is 26.5 Å². The van der Waals surface area contributed by atoms with Crippen LogP contribution in [-0.2, 0) is 16.1 Å². The van der Waals surface area contributed by atoms with E-state index in [9.17, 15) is 4.79 Å². The number of nitrogens with one attached hydrogen (secondary N) is 2. The highest BCUT2D eigenvalue weighted by Gasteiger charge is 2.29. The molecule has 6 heteroatoms. The van der Waals surface area contributed by atoms with Gasteiger partial charge in [-0.3, -0.25) is 4.79 Å². The second-order valence-corrected chi connectivity index (χ2v) is 5.47. The zero-order valence-corrected chi connectivity index (χ0v) is 11.8. The number of ether oxygens (including phenoxy) is 1. The molecule has 1 amide bonds. The molecular formula is C13H22N4O2. The average Bonchev–Trinajstić information content (AvgIpc) is 2.86. The molecule has 1 saturated heterocycles. The smallest absolute Gasteiger partial charge is 0.227 e. The normalized spacial score (nSPS) is 20.3. The van der Waals surface area contributed by atoms with E-state index in [1.54, 1.807) is 13.4 Å². The Morgan fingerprint density at radius 3 is 3.11 bits per heavy atom. The van der Waals surface area contributed by atoms with Gasteiger partial charge in [0.2, 0.25) is 5.91 Å². The zero-order chi connectivity index (χ0) is 13.9. The fourth-order valence-corrected chi connectivity index (χ4v) is 2.32. The first-order chi connectivity index (χ1) is 9.04. The van der Waals surface area contributed by atoms with E-state index < -0.39 is 5.41 Å². The minimum Gasteiger partial charge on any atom is -0.369 e. The van der Waals surface area contributed by atoms with Crippen LogP contribution in [0.3, 0.4) is 0 Å². The van der Waals surface area contributed by atoms with Crippen LogP contribution in [0.2, 0.25) is 0 Å². The Hall–Kier alpha value is -1.40. The number of hydrogen-bond acceptors (Lipinski definition) is 4.